The Labute approximate surface area is 305 Å². The monoisotopic (exact) mass is 699 g/mol. The molecule has 286 valence electrons. The number of imide groups is 3. The zero-order chi connectivity index (χ0) is 36.8. The van der Waals surface area contributed by atoms with Gasteiger partial charge in [-0.1, -0.05) is 156 Å². The number of rotatable bonds is 29. The van der Waals surface area contributed by atoms with Crippen LogP contribution in [0.25, 0.3) is 0 Å². The van der Waals surface area contributed by atoms with Gasteiger partial charge in [-0.25, -0.2) is 14.4 Å². The third-order valence-electron chi connectivity index (χ3n) is 9.84. The lowest BCUT2D eigenvalue weighted by atomic mass is 9.82. The zero-order valence-electron chi connectivity index (χ0n) is 32.6. The van der Waals surface area contributed by atoms with E-state index in [1.165, 1.54) is 139 Å². The zero-order valence-corrected chi connectivity index (χ0v) is 32.6. The normalized spacial score (nSPS) is 11.0. The molecule has 0 spiro atoms. The predicted molar refractivity (Wildman–Crippen MR) is 209 cm³/mol. The fraction of sp³-hybridized carbons (Fsp3) is 0.762. The molecule has 1 aromatic rings. The molecule has 1 rings (SSSR count). The molecule has 0 aliphatic heterocycles. The Morgan fingerprint density at radius 1 is 0.440 bits per heavy atom. The van der Waals surface area contributed by atoms with Crippen LogP contribution < -0.4 is 21.7 Å². The second-order valence-corrected chi connectivity index (χ2v) is 14.3. The van der Waals surface area contributed by atoms with Crippen LogP contribution in [0.15, 0.2) is 6.07 Å². The quantitative estimate of drug-likeness (QED) is 0.0620. The second-order valence-electron chi connectivity index (χ2n) is 14.3. The average Bonchev–Trinajstić information content (AvgIpc) is 3.07. The number of nitrogens with two attached hydrogens (primary N) is 1. The Bertz CT molecular complexity index is 1100. The number of unbranched alkanes of at least 4 members (excludes halogenated alkanes) is 20. The highest BCUT2D eigenvalue weighted by Gasteiger charge is 2.23. The van der Waals surface area contributed by atoms with Crippen molar-refractivity contribution in [2.45, 2.75) is 207 Å². The average molecular weight is 699 g/mol. The number of carbonyl (C=O) groups is 4. The van der Waals surface area contributed by atoms with Crippen LogP contribution in [-0.2, 0) is 25.7 Å². The minimum atomic E-state index is -1.08. The molecule has 5 N–H and O–H groups in total. The van der Waals surface area contributed by atoms with Crippen LogP contribution in [0.1, 0.15) is 214 Å². The van der Waals surface area contributed by atoms with Crippen LogP contribution in [0.4, 0.5) is 14.4 Å². The van der Waals surface area contributed by atoms with E-state index in [1.807, 2.05) is 10.6 Å². The van der Waals surface area contributed by atoms with E-state index in [9.17, 15) is 19.2 Å². The summed E-state index contributed by atoms with van der Waals surface area (Å²) in [6.45, 7) is 8.97. The summed E-state index contributed by atoms with van der Waals surface area (Å²) in [5.74, 6) is -0.505. The number of carbonyl (C=O) groups excluding carboxylic acids is 4. The van der Waals surface area contributed by atoms with Gasteiger partial charge in [0, 0.05) is 5.56 Å². The Morgan fingerprint density at radius 3 is 1.24 bits per heavy atom. The van der Waals surface area contributed by atoms with Crippen molar-refractivity contribution in [1.29, 1.82) is 0 Å². The second kappa shape index (κ2) is 29.8. The molecule has 0 heterocycles. The molecule has 0 bridgehead atoms. The van der Waals surface area contributed by atoms with Crippen LogP contribution in [0, 0.1) is 0 Å². The highest BCUT2D eigenvalue weighted by molar-refractivity contribution is 6.10. The van der Waals surface area contributed by atoms with Gasteiger partial charge in [-0.05, 0) is 79.7 Å². The maximum Gasteiger partial charge on any atom is 0.330 e. The molecule has 1 aromatic carbocycles. The number of primary amides is 1. The third-order valence-corrected chi connectivity index (χ3v) is 9.84. The lowest BCUT2D eigenvalue weighted by Crippen LogP contribution is -2.49. The van der Waals surface area contributed by atoms with Gasteiger partial charge >= 0.3 is 18.1 Å². The van der Waals surface area contributed by atoms with Gasteiger partial charge in [-0.3, -0.25) is 20.7 Å². The Balaban J connectivity index is 3.55. The van der Waals surface area contributed by atoms with Crippen molar-refractivity contribution in [3.63, 3.8) is 0 Å². The highest BCUT2D eigenvalue weighted by Crippen LogP contribution is 2.31. The number of urea groups is 3. The molecule has 0 radical (unpaired) electrons. The van der Waals surface area contributed by atoms with Crippen molar-refractivity contribution in [3.05, 3.63) is 33.9 Å². The minimum Gasteiger partial charge on any atom is -0.351 e. The summed E-state index contributed by atoms with van der Waals surface area (Å²) in [6, 6.07) is -1.06. The van der Waals surface area contributed by atoms with Gasteiger partial charge in [0.1, 0.15) is 0 Å². The summed E-state index contributed by atoms with van der Waals surface area (Å²) in [4.78, 5) is 49.7. The number of benzene rings is 1. The molecule has 50 heavy (non-hydrogen) atoms. The summed E-state index contributed by atoms with van der Waals surface area (Å²) in [6.07, 6.45) is 32.5. The van der Waals surface area contributed by atoms with E-state index in [-0.39, 0.29) is 0 Å². The molecule has 0 fully saturated rings. The topological polar surface area (TPSA) is 130 Å². The maximum atomic E-state index is 13.9. The number of hydrogen-bond acceptors (Lipinski definition) is 4. The molecule has 0 saturated carbocycles. The molecule has 0 saturated heterocycles. The van der Waals surface area contributed by atoms with Gasteiger partial charge in [0.25, 0.3) is 5.91 Å². The smallest absolute Gasteiger partial charge is 0.330 e. The van der Waals surface area contributed by atoms with Gasteiger partial charge in [0.15, 0.2) is 0 Å². The lowest BCUT2D eigenvalue weighted by molar-refractivity contribution is 0.0963. The summed E-state index contributed by atoms with van der Waals surface area (Å²) in [7, 11) is 0. The van der Waals surface area contributed by atoms with Gasteiger partial charge in [0.05, 0.1) is 0 Å². The molecule has 0 unspecified atom stereocenters. The van der Waals surface area contributed by atoms with Crippen molar-refractivity contribution in [1.82, 2.24) is 16.0 Å². The van der Waals surface area contributed by atoms with E-state index in [0.717, 1.165) is 63.4 Å². The number of amides is 7. The summed E-state index contributed by atoms with van der Waals surface area (Å²) in [5.41, 5.74) is 10.7. The largest absolute Gasteiger partial charge is 0.351 e. The molecule has 0 aliphatic rings. The number of nitrogens with one attached hydrogen (secondary N) is 3. The molecule has 8 heteroatoms. The minimum absolute atomic E-state index is 0.505. The lowest BCUT2D eigenvalue weighted by Gasteiger charge is -2.23. The molecule has 0 aliphatic carbocycles. The van der Waals surface area contributed by atoms with Crippen molar-refractivity contribution in [2.75, 3.05) is 0 Å². The standard InChI is InChI=1S/C42H74N4O4/c1-5-9-13-17-21-25-29-34-33-38(39(47)44-41(49)46-42(50)45-40(43)48)37(32-28-24-20-16-12-8-4)36(31-27-23-19-15-11-7-3)35(34)30-26-22-18-14-10-6-2/h33H,5-32H2,1-4H3,(H5,43,44,45,46,47,48,49,50). The first kappa shape index (κ1) is 45.1. The van der Waals surface area contributed by atoms with Gasteiger partial charge in [-0.2, -0.15) is 0 Å². The van der Waals surface area contributed by atoms with Gasteiger partial charge in [-0.15, -0.1) is 0 Å². The first-order chi connectivity index (χ1) is 24.3. The maximum absolute atomic E-state index is 13.9. The number of hydrogen-bond donors (Lipinski definition) is 4. The third kappa shape index (κ3) is 20.7. The van der Waals surface area contributed by atoms with Crippen molar-refractivity contribution in [3.8, 4) is 0 Å². The number of aryl methyl sites for hydroxylation is 1. The highest BCUT2D eigenvalue weighted by atomic mass is 16.2. The fourth-order valence-corrected chi connectivity index (χ4v) is 7.00. The first-order valence-electron chi connectivity index (χ1n) is 20.7. The van der Waals surface area contributed by atoms with Gasteiger partial charge < -0.3 is 5.73 Å². The van der Waals surface area contributed by atoms with E-state index >= 15 is 0 Å². The van der Waals surface area contributed by atoms with Crippen molar-refractivity contribution < 1.29 is 19.2 Å². The molecular formula is C42H74N4O4. The van der Waals surface area contributed by atoms with Gasteiger partial charge in [0.2, 0.25) is 0 Å². The van der Waals surface area contributed by atoms with Crippen LogP contribution >= 0.6 is 0 Å². The first-order valence-corrected chi connectivity index (χ1v) is 20.7. The molecular weight excluding hydrogens is 624 g/mol. The molecule has 0 atom stereocenters. The van der Waals surface area contributed by atoms with E-state index in [0.29, 0.717) is 5.56 Å². The van der Waals surface area contributed by atoms with Crippen molar-refractivity contribution >= 4 is 24.0 Å². The molecule has 8 nitrogen and oxygen atoms in total. The van der Waals surface area contributed by atoms with E-state index in [4.69, 9.17) is 5.73 Å². The SMILES string of the molecule is CCCCCCCCc1cc(C(=O)NC(=O)NC(=O)NC(N)=O)c(CCCCCCCC)c(CCCCCCCC)c1CCCCCCCC. The van der Waals surface area contributed by atoms with E-state index in [1.54, 1.807) is 0 Å². The van der Waals surface area contributed by atoms with Crippen LogP contribution in [-0.4, -0.2) is 24.0 Å². The van der Waals surface area contributed by atoms with E-state index < -0.39 is 24.0 Å². The Morgan fingerprint density at radius 2 is 0.800 bits per heavy atom. The summed E-state index contributed by atoms with van der Waals surface area (Å²) in [5, 5.41) is 6.18. The van der Waals surface area contributed by atoms with Crippen LogP contribution in [0.2, 0.25) is 0 Å². The summed E-state index contributed by atoms with van der Waals surface area (Å²) < 4.78 is 0. The predicted octanol–water partition coefficient (Wildman–Crippen LogP) is 11.5. The van der Waals surface area contributed by atoms with Crippen LogP contribution in [0.5, 0.6) is 0 Å². The van der Waals surface area contributed by atoms with Crippen molar-refractivity contribution in [2.24, 2.45) is 5.73 Å². The fourth-order valence-electron chi connectivity index (χ4n) is 7.00. The Kier molecular flexibility index (Phi) is 26.9. The summed E-state index contributed by atoms with van der Waals surface area (Å²) >= 11 is 0. The molecule has 0 aromatic heterocycles. The Hall–Kier alpha value is -2.90. The van der Waals surface area contributed by atoms with E-state index in [2.05, 4.69) is 39.1 Å². The molecule has 7 amide bonds. The van der Waals surface area contributed by atoms with Crippen LogP contribution in [0.3, 0.4) is 0 Å².